The maximum absolute atomic E-state index is 11.0. The van der Waals surface area contributed by atoms with Gasteiger partial charge in [-0.15, -0.1) is 0 Å². The molecule has 4 aliphatic rings. The van der Waals surface area contributed by atoms with Crippen LogP contribution in [0.15, 0.2) is 127 Å². The lowest BCUT2D eigenvalue weighted by Gasteiger charge is -2.50. The molecule has 0 amide bonds. The van der Waals surface area contributed by atoms with Crippen molar-refractivity contribution < 1.29 is 5.11 Å². The van der Waals surface area contributed by atoms with Gasteiger partial charge in [-0.1, -0.05) is 145 Å². The molecular formula is C59H70N6O. The first-order chi connectivity index (χ1) is 31.8. The Bertz CT molecular complexity index is 2770. The first kappa shape index (κ1) is 44.2. The van der Waals surface area contributed by atoms with Crippen molar-refractivity contribution >= 4 is 22.7 Å². The van der Waals surface area contributed by atoms with Gasteiger partial charge in [0.25, 0.3) is 0 Å². The summed E-state index contributed by atoms with van der Waals surface area (Å²) >= 11 is 0. The van der Waals surface area contributed by atoms with Crippen LogP contribution >= 0.6 is 0 Å². The molecule has 0 bridgehead atoms. The highest BCUT2D eigenvalue weighted by Crippen LogP contribution is 2.56. The number of nitrogens with two attached hydrogens (primary N) is 2. The van der Waals surface area contributed by atoms with Gasteiger partial charge >= 0.3 is 0 Å². The molecule has 10 rings (SSSR count). The number of rotatable bonds is 12. The molecule has 7 nitrogen and oxygen atoms in total. The van der Waals surface area contributed by atoms with Crippen molar-refractivity contribution in [2.24, 2.45) is 5.73 Å². The average molecular weight is 879 g/mol. The van der Waals surface area contributed by atoms with Crippen LogP contribution in [0, 0.1) is 0 Å². The highest BCUT2D eigenvalue weighted by atomic mass is 16.3. The van der Waals surface area contributed by atoms with Crippen molar-refractivity contribution in [3.63, 3.8) is 0 Å². The van der Waals surface area contributed by atoms with Gasteiger partial charge < -0.3 is 31.7 Å². The van der Waals surface area contributed by atoms with Crippen molar-refractivity contribution in [1.29, 1.82) is 0 Å². The van der Waals surface area contributed by atoms with Crippen LogP contribution in [0.5, 0.6) is 0 Å². The normalized spacial score (nSPS) is 25.2. The van der Waals surface area contributed by atoms with E-state index >= 15 is 0 Å². The number of nitrogens with one attached hydrogen (secondary N) is 2. The SMILES string of the molecule is CCNC(O)Nc1cc2c3c(c1)C(C)(c1cccc(-c4cccc(C5(C)CCN6CCC(C)(c7cccc(C(CC)CN)c7)c7cc(N)cc5c76)c4)c1)CCN3CCC2(C)c1ccccc1. The molecule has 0 radical (unpaired) electrons. The fourth-order valence-corrected chi connectivity index (χ4v) is 12.5. The molecule has 0 spiro atoms. The van der Waals surface area contributed by atoms with Crippen LogP contribution in [-0.2, 0) is 21.7 Å². The van der Waals surface area contributed by atoms with Gasteiger partial charge in [0.1, 0.15) is 0 Å². The lowest BCUT2D eigenvalue weighted by Crippen LogP contribution is -2.47. The molecular weight excluding hydrogens is 809 g/mol. The Labute approximate surface area is 393 Å². The van der Waals surface area contributed by atoms with Gasteiger partial charge in [-0.25, -0.2) is 0 Å². The molecule has 0 aromatic heterocycles. The van der Waals surface area contributed by atoms with E-state index in [0.717, 1.165) is 69.7 Å². The number of hydrogen-bond acceptors (Lipinski definition) is 7. The van der Waals surface area contributed by atoms with E-state index in [9.17, 15) is 5.11 Å². The van der Waals surface area contributed by atoms with Gasteiger partial charge in [-0.05, 0) is 137 Å². The average Bonchev–Trinajstić information content (AvgIpc) is 3.34. The largest absolute Gasteiger partial charge is 0.399 e. The minimum Gasteiger partial charge on any atom is -0.399 e. The summed E-state index contributed by atoms with van der Waals surface area (Å²) in [4.78, 5) is 5.26. The molecule has 6 aromatic rings. The summed E-state index contributed by atoms with van der Waals surface area (Å²) < 4.78 is 0. The highest BCUT2D eigenvalue weighted by molar-refractivity contribution is 5.78. The monoisotopic (exact) mass is 879 g/mol. The van der Waals surface area contributed by atoms with Crippen LogP contribution in [0.1, 0.15) is 130 Å². The topological polar surface area (TPSA) is 103 Å². The Morgan fingerprint density at radius 1 is 0.561 bits per heavy atom. The molecule has 0 aliphatic carbocycles. The summed E-state index contributed by atoms with van der Waals surface area (Å²) in [6, 6.07) is 48.1. The first-order valence-corrected chi connectivity index (χ1v) is 24.7. The van der Waals surface area contributed by atoms with Crippen LogP contribution in [0.25, 0.3) is 11.1 Å². The molecule has 0 saturated carbocycles. The Kier molecular flexibility index (Phi) is 11.3. The first-order valence-electron chi connectivity index (χ1n) is 24.7. The van der Waals surface area contributed by atoms with Crippen LogP contribution in [0.3, 0.4) is 0 Å². The fourth-order valence-electron chi connectivity index (χ4n) is 12.5. The predicted octanol–water partition coefficient (Wildman–Crippen LogP) is 11.1. The molecule has 6 aromatic carbocycles. The van der Waals surface area contributed by atoms with Crippen LogP contribution in [0.4, 0.5) is 22.7 Å². The van der Waals surface area contributed by atoms with Gasteiger partial charge in [0.2, 0.25) is 0 Å². The van der Waals surface area contributed by atoms with Crippen LogP contribution < -0.4 is 31.9 Å². The lowest BCUT2D eigenvalue weighted by molar-refractivity contribution is 0.168. The zero-order chi connectivity index (χ0) is 46.0. The van der Waals surface area contributed by atoms with E-state index in [1.54, 1.807) is 0 Å². The zero-order valence-corrected chi connectivity index (χ0v) is 40.1. The number of hydrogen-bond donors (Lipinski definition) is 5. The number of aliphatic hydroxyl groups excluding tert-OH is 1. The Morgan fingerprint density at radius 2 is 1.00 bits per heavy atom. The standard InChI is InChI=1S/C59H70N6O/c1-7-39(38-60)40-15-12-20-44(31-40)57(4)24-28-64-29-25-58(5,50-35-47(61)34-49(57)53(50)64)45-21-13-16-41(32-45)42-17-14-22-46(33-42)59(6)26-30-65-27-23-56(3,43-18-10-9-11-19-43)51-36-48(37-52(59)54(51)65)63-55(66)62-8-2/h9-22,31-37,39,55,62-63,66H,7-8,23-30,38,60-61H2,1-6H3. The fraction of sp³-hybridized carbons (Fsp3) is 0.390. The van der Waals surface area contributed by atoms with E-state index < -0.39 is 6.35 Å². The summed E-state index contributed by atoms with van der Waals surface area (Å²) in [5.41, 5.74) is 31.3. The summed E-state index contributed by atoms with van der Waals surface area (Å²) in [7, 11) is 0. The summed E-state index contributed by atoms with van der Waals surface area (Å²) in [5, 5.41) is 17.6. The van der Waals surface area contributed by atoms with Gasteiger partial charge in [0.05, 0.1) is 0 Å². The van der Waals surface area contributed by atoms with E-state index in [4.69, 9.17) is 11.5 Å². The molecule has 6 atom stereocenters. The minimum absolute atomic E-state index is 0.174. The highest BCUT2D eigenvalue weighted by Gasteiger charge is 2.47. The van der Waals surface area contributed by atoms with Crippen molar-refractivity contribution in [3.05, 3.63) is 177 Å². The third-order valence-corrected chi connectivity index (χ3v) is 17.0. The summed E-state index contributed by atoms with van der Waals surface area (Å²) in [5.74, 6) is 0.355. The molecule has 0 saturated heterocycles. The lowest BCUT2D eigenvalue weighted by atomic mass is 9.63. The van der Waals surface area contributed by atoms with Gasteiger partial charge in [-0.2, -0.15) is 0 Å². The second-order valence-corrected chi connectivity index (χ2v) is 20.8. The maximum atomic E-state index is 11.0. The van der Waals surface area contributed by atoms with E-state index in [1.807, 2.05) is 6.92 Å². The zero-order valence-electron chi connectivity index (χ0n) is 40.1. The molecule has 7 N–H and O–H groups in total. The van der Waals surface area contributed by atoms with E-state index in [0.29, 0.717) is 19.0 Å². The summed E-state index contributed by atoms with van der Waals surface area (Å²) in [6.07, 6.45) is 4.26. The Balaban J connectivity index is 1.04. The number of benzene rings is 6. The Morgan fingerprint density at radius 3 is 1.47 bits per heavy atom. The van der Waals surface area contributed by atoms with Gasteiger partial charge in [0.15, 0.2) is 6.35 Å². The van der Waals surface area contributed by atoms with E-state index in [2.05, 4.69) is 182 Å². The number of anilines is 4. The second kappa shape index (κ2) is 16.9. The number of nitrogens with zero attached hydrogens (tertiary/aromatic N) is 2. The maximum Gasteiger partial charge on any atom is 0.181 e. The predicted molar refractivity (Wildman–Crippen MR) is 276 cm³/mol. The molecule has 6 unspecified atom stereocenters. The van der Waals surface area contributed by atoms with E-state index in [1.165, 1.54) is 72.6 Å². The van der Waals surface area contributed by atoms with Crippen molar-refractivity contribution in [2.45, 2.75) is 108 Å². The molecule has 342 valence electrons. The third kappa shape index (κ3) is 7.21. The third-order valence-electron chi connectivity index (χ3n) is 17.0. The van der Waals surface area contributed by atoms with Gasteiger partial charge in [0, 0.05) is 70.6 Å². The Hall–Kier alpha value is -5.60. The summed E-state index contributed by atoms with van der Waals surface area (Å²) in [6.45, 7) is 19.3. The van der Waals surface area contributed by atoms with Gasteiger partial charge in [-0.3, -0.25) is 5.32 Å². The molecule has 0 fully saturated rings. The molecule has 4 heterocycles. The molecule has 4 aliphatic heterocycles. The molecule has 7 heteroatoms. The molecule has 66 heavy (non-hydrogen) atoms. The quantitative estimate of drug-likeness (QED) is 0.0616. The van der Waals surface area contributed by atoms with Crippen LogP contribution in [-0.4, -0.2) is 50.7 Å². The minimum atomic E-state index is -0.850. The van der Waals surface area contributed by atoms with Crippen LogP contribution in [0.2, 0.25) is 0 Å². The number of aliphatic hydroxyl groups is 1. The smallest absolute Gasteiger partial charge is 0.181 e. The number of nitrogen functional groups attached to an aromatic ring is 1. The second-order valence-electron chi connectivity index (χ2n) is 20.8. The van der Waals surface area contributed by atoms with E-state index in [-0.39, 0.29) is 21.7 Å². The van der Waals surface area contributed by atoms with Crippen molar-refractivity contribution in [1.82, 2.24) is 5.32 Å². The van der Waals surface area contributed by atoms with Crippen molar-refractivity contribution in [3.8, 4) is 11.1 Å². The van der Waals surface area contributed by atoms with Crippen molar-refractivity contribution in [2.75, 3.05) is 60.1 Å².